The van der Waals surface area contributed by atoms with E-state index < -0.39 is 5.97 Å². The Morgan fingerprint density at radius 2 is 1.92 bits per heavy atom. The van der Waals surface area contributed by atoms with E-state index >= 15 is 0 Å². The summed E-state index contributed by atoms with van der Waals surface area (Å²) >= 11 is 0. The van der Waals surface area contributed by atoms with Gasteiger partial charge in [0.2, 0.25) is 5.91 Å². The van der Waals surface area contributed by atoms with Crippen molar-refractivity contribution in [3.8, 4) is 11.4 Å². The number of carbonyl (C=O) groups is 2. The smallest absolute Gasteiger partial charge is 0.322 e. The maximum absolute atomic E-state index is 11.7. The Labute approximate surface area is 157 Å². The van der Waals surface area contributed by atoms with Gasteiger partial charge in [0, 0.05) is 11.5 Å². The summed E-state index contributed by atoms with van der Waals surface area (Å²) < 4.78 is 0. The van der Waals surface area contributed by atoms with Gasteiger partial charge in [0.05, 0.1) is 6.54 Å². The molecule has 1 amide bonds. The molecule has 1 aromatic heterocycles. The highest BCUT2D eigenvalue weighted by Gasteiger charge is 2.24. The maximum atomic E-state index is 11.7. The topological polar surface area (TPSA) is 111 Å². The first-order valence-corrected chi connectivity index (χ1v) is 8.30. The van der Waals surface area contributed by atoms with Crippen LogP contribution in [0, 0.1) is 0 Å². The molecule has 3 N–H and O–H groups in total. The number of aliphatic carboxylic acids is 1. The van der Waals surface area contributed by atoms with Crippen LogP contribution in [-0.2, 0) is 9.59 Å². The Morgan fingerprint density at radius 1 is 1.23 bits per heavy atom. The number of nitrogens with one attached hydrogen (secondary N) is 2. The van der Waals surface area contributed by atoms with Gasteiger partial charge in [-0.3, -0.25) is 19.6 Å². The lowest BCUT2D eigenvalue weighted by atomic mass is 9.96. The van der Waals surface area contributed by atoms with Crippen LogP contribution in [0.5, 0.6) is 0 Å². The van der Waals surface area contributed by atoms with E-state index in [0.29, 0.717) is 11.7 Å². The van der Waals surface area contributed by atoms with Crippen molar-refractivity contribution in [3.63, 3.8) is 0 Å². The van der Waals surface area contributed by atoms with Crippen LogP contribution in [0.2, 0.25) is 0 Å². The van der Waals surface area contributed by atoms with E-state index in [2.05, 4.69) is 20.5 Å². The Balaban J connectivity index is 0.00000243. The van der Waals surface area contributed by atoms with Crippen molar-refractivity contribution >= 4 is 24.3 Å². The van der Waals surface area contributed by atoms with Gasteiger partial charge in [-0.1, -0.05) is 30.3 Å². The first-order valence-electron chi connectivity index (χ1n) is 8.30. The molecule has 1 fully saturated rings. The Kier molecular flexibility index (Phi) is 7.11. The summed E-state index contributed by atoms with van der Waals surface area (Å²) in [5.41, 5.74) is 0.984. The second-order valence-corrected chi connectivity index (χ2v) is 6.13. The number of hydrogen-bond donors (Lipinski definition) is 3. The number of carboxylic acid groups (broad SMARTS) is 1. The number of H-pyrrole nitrogens is 1. The van der Waals surface area contributed by atoms with Gasteiger partial charge in [-0.2, -0.15) is 5.10 Å². The van der Waals surface area contributed by atoms with Gasteiger partial charge in [-0.05, 0) is 25.9 Å². The van der Waals surface area contributed by atoms with Crippen LogP contribution in [-0.4, -0.2) is 63.2 Å². The highest BCUT2D eigenvalue weighted by atomic mass is 35.5. The Hall–Kier alpha value is -2.45. The van der Waals surface area contributed by atoms with E-state index in [9.17, 15) is 9.59 Å². The van der Waals surface area contributed by atoms with E-state index in [1.807, 2.05) is 35.2 Å². The molecular formula is C17H22ClN5O3. The summed E-state index contributed by atoms with van der Waals surface area (Å²) in [5.74, 6) is 0.585. The second kappa shape index (κ2) is 9.30. The van der Waals surface area contributed by atoms with Crippen LogP contribution in [0.15, 0.2) is 30.3 Å². The number of carbonyl (C=O) groups excluding carboxylic acids is 1. The lowest BCUT2D eigenvalue weighted by Gasteiger charge is -2.30. The zero-order valence-corrected chi connectivity index (χ0v) is 15.0. The van der Waals surface area contributed by atoms with Gasteiger partial charge in [0.15, 0.2) is 5.82 Å². The van der Waals surface area contributed by atoms with Crippen LogP contribution in [0.3, 0.4) is 0 Å². The first kappa shape index (κ1) is 19.9. The van der Waals surface area contributed by atoms with Crippen LogP contribution < -0.4 is 5.32 Å². The van der Waals surface area contributed by atoms with Gasteiger partial charge >= 0.3 is 5.97 Å². The Bertz CT molecular complexity index is 729. The molecule has 0 spiro atoms. The molecular weight excluding hydrogens is 358 g/mol. The van der Waals surface area contributed by atoms with Crippen LogP contribution in [0.25, 0.3) is 11.4 Å². The lowest BCUT2D eigenvalue weighted by molar-refractivity contribution is -0.138. The molecule has 0 saturated carbocycles. The zero-order chi connectivity index (χ0) is 17.6. The number of benzene rings is 1. The summed E-state index contributed by atoms with van der Waals surface area (Å²) in [4.78, 5) is 28.8. The minimum atomic E-state index is -1.04. The third-order valence-corrected chi connectivity index (χ3v) is 4.31. The monoisotopic (exact) mass is 379 g/mol. The molecule has 2 aromatic rings. The van der Waals surface area contributed by atoms with Crippen molar-refractivity contribution in [1.82, 2.24) is 25.4 Å². The molecule has 3 rings (SSSR count). The molecule has 140 valence electrons. The van der Waals surface area contributed by atoms with Crippen molar-refractivity contribution in [2.45, 2.75) is 18.8 Å². The van der Waals surface area contributed by atoms with E-state index in [1.165, 1.54) is 0 Å². The highest BCUT2D eigenvalue weighted by Crippen LogP contribution is 2.26. The number of amides is 1. The second-order valence-electron chi connectivity index (χ2n) is 6.13. The zero-order valence-electron chi connectivity index (χ0n) is 14.2. The number of aromatic nitrogens is 3. The van der Waals surface area contributed by atoms with Crippen molar-refractivity contribution in [2.75, 3.05) is 26.2 Å². The van der Waals surface area contributed by atoms with Gasteiger partial charge in [-0.15, -0.1) is 12.4 Å². The van der Waals surface area contributed by atoms with E-state index in [1.54, 1.807) is 0 Å². The minimum Gasteiger partial charge on any atom is -0.480 e. The predicted molar refractivity (Wildman–Crippen MR) is 98.1 cm³/mol. The van der Waals surface area contributed by atoms with Crippen LogP contribution in [0.4, 0.5) is 0 Å². The molecule has 1 saturated heterocycles. The van der Waals surface area contributed by atoms with Gasteiger partial charge in [-0.25, -0.2) is 4.98 Å². The minimum absolute atomic E-state index is 0. The fraction of sp³-hybridized carbons (Fsp3) is 0.412. The molecule has 0 radical (unpaired) electrons. The van der Waals surface area contributed by atoms with Crippen molar-refractivity contribution in [3.05, 3.63) is 36.2 Å². The van der Waals surface area contributed by atoms with E-state index in [0.717, 1.165) is 37.3 Å². The number of hydrogen-bond acceptors (Lipinski definition) is 5. The van der Waals surface area contributed by atoms with Crippen molar-refractivity contribution < 1.29 is 14.7 Å². The summed E-state index contributed by atoms with van der Waals surface area (Å²) in [6, 6.07) is 9.83. The van der Waals surface area contributed by atoms with E-state index in [-0.39, 0.29) is 31.4 Å². The number of nitrogens with zero attached hydrogens (tertiary/aromatic N) is 3. The molecule has 0 bridgehead atoms. The van der Waals surface area contributed by atoms with Crippen LogP contribution in [0.1, 0.15) is 24.6 Å². The normalized spacial score (nSPS) is 15.2. The quantitative estimate of drug-likeness (QED) is 0.697. The van der Waals surface area contributed by atoms with Gasteiger partial charge < -0.3 is 10.4 Å². The van der Waals surface area contributed by atoms with Crippen LogP contribution >= 0.6 is 12.4 Å². The third-order valence-electron chi connectivity index (χ3n) is 4.31. The fourth-order valence-corrected chi connectivity index (χ4v) is 2.97. The lowest BCUT2D eigenvalue weighted by Crippen LogP contribution is -2.42. The first-order chi connectivity index (χ1) is 12.1. The number of piperidine rings is 1. The molecule has 0 aliphatic carbocycles. The van der Waals surface area contributed by atoms with Crippen molar-refractivity contribution in [2.24, 2.45) is 0 Å². The third kappa shape index (κ3) is 5.27. The number of carboxylic acids is 1. The van der Waals surface area contributed by atoms with Gasteiger partial charge in [0.1, 0.15) is 12.4 Å². The fourth-order valence-electron chi connectivity index (χ4n) is 2.97. The SMILES string of the molecule is Cl.O=C(O)CNC(=O)CN1CCC(c2nc(-c3ccccc3)n[nH]2)CC1. The van der Waals surface area contributed by atoms with Gasteiger partial charge in [0.25, 0.3) is 0 Å². The highest BCUT2D eigenvalue weighted by molar-refractivity contribution is 5.85. The molecule has 1 aromatic carbocycles. The Morgan fingerprint density at radius 3 is 2.58 bits per heavy atom. The number of halogens is 1. The number of likely N-dealkylation sites (tertiary alicyclic amines) is 1. The largest absolute Gasteiger partial charge is 0.480 e. The molecule has 9 heteroatoms. The average Bonchev–Trinajstić information content (AvgIpc) is 3.11. The molecule has 8 nitrogen and oxygen atoms in total. The number of aromatic amines is 1. The standard InChI is InChI=1S/C17H21N5O3.ClH/c23-14(18-10-15(24)25)11-22-8-6-13(7-9-22)17-19-16(20-21-17)12-4-2-1-3-5-12;/h1-5,13H,6-11H2,(H,18,23)(H,24,25)(H,19,20,21);1H. The summed E-state index contributed by atoms with van der Waals surface area (Å²) in [6.07, 6.45) is 1.77. The maximum Gasteiger partial charge on any atom is 0.322 e. The van der Waals surface area contributed by atoms with Crippen molar-refractivity contribution in [1.29, 1.82) is 0 Å². The summed E-state index contributed by atoms with van der Waals surface area (Å²) in [6.45, 7) is 1.43. The molecule has 1 aliphatic heterocycles. The molecule has 0 atom stereocenters. The number of rotatable bonds is 6. The molecule has 1 aliphatic rings. The van der Waals surface area contributed by atoms with E-state index in [4.69, 9.17) is 5.11 Å². The molecule has 26 heavy (non-hydrogen) atoms. The predicted octanol–water partition coefficient (Wildman–Crippen LogP) is 1.27. The summed E-state index contributed by atoms with van der Waals surface area (Å²) in [7, 11) is 0. The summed E-state index contributed by atoms with van der Waals surface area (Å²) in [5, 5.41) is 18.3. The molecule has 2 heterocycles. The molecule has 0 unspecified atom stereocenters. The average molecular weight is 380 g/mol.